The molecule has 1 heterocycles. The molecular weight excluding hydrogens is 218 g/mol. The first kappa shape index (κ1) is 9.94. The van der Waals surface area contributed by atoms with Crippen LogP contribution in [-0.2, 0) is 10.0 Å². The fourth-order valence-corrected chi connectivity index (χ4v) is 2.16. The lowest BCUT2D eigenvalue weighted by Crippen LogP contribution is -2.19. The van der Waals surface area contributed by atoms with Gasteiger partial charge in [-0.2, -0.15) is 0 Å². The van der Waals surface area contributed by atoms with Crippen molar-refractivity contribution in [3.63, 3.8) is 0 Å². The van der Waals surface area contributed by atoms with E-state index >= 15 is 0 Å². The summed E-state index contributed by atoms with van der Waals surface area (Å²) in [6.45, 7) is 0. The summed E-state index contributed by atoms with van der Waals surface area (Å²) in [5.74, 6) is 0. The van der Waals surface area contributed by atoms with E-state index in [0.29, 0.717) is 15.7 Å². The molecule has 0 aliphatic rings. The van der Waals surface area contributed by atoms with E-state index in [-0.39, 0.29) is 5.03 Å². The summed E-state index contributed by atoms with van der Waals surface area (Å²) < 4.78 is 25.2. The summed E-state index contributed by atoms with van der Waals surface area (Å²) in [5, 5.41) is 13.1. The topological polar surface area (TPSA) is 84.2 Å². The molecule has 0 amide bonds. The van der Waals surface area contributed by atoms with Crippen LogP contribution in [-0.4, -0.2) is 30.6 Å². The van der Waals surface area contributed by atoms with Crippen LogP contribution in [0.5, 0.6) is 0 Å². The number of nitrogens with one attached hydrogen (secondary N) is 1. The molecule has 0 saturated heterocycles. The Labute approximate surface area is 86.1 Å². The van der Waals surface area contributed by atoms with Gasteiger partial charge in [-0.05, 0) is 19.2 Å². The van der Waals surface area contributed by atoms with Crippen LogP contribution in [0.4, 0.5) is 0 Å². The summed E-state index contributed by atoms with van der Waals surface area (Å²) in [4.78, 5) is 0.555. The van der Waals surface area contributed by atoms with Gasteiger partial charge in [0, 0.05) is 5.39 Å². The third-order valence-electron chi connectivity index (χ3n) is 2.06. The molecule has 1 aromatic carbocycles. The van der Waals surface area contributed by atoms with E-state index in [1.807, 2.05) is 0 Å². The number of fused-ring (bicyclic) bond motifs is 1. The average molecular weight is 227 g/mol. The zero-order valence-electron chi connectivity index (χ0n) is 7.88. The lowest BCUT2D eigenvalue weighted by molar-refractivity contribution is 0.157. The quantitative estimate of drug-likeness (QED) is 0.717. The van der Waals surface area contributed by atoms with E-state index in [2.05, 4.69) is 9.82 Å². The molecule has 2 N–H and O–H groups in total. The number of nitrogens with zero attached hydrogens (tertiary/aromatic N) is 2. The Balaban J connectivity index is 2.84. The molecule has 0 atom stereocenters. The predicted molar refractivity (Wildman–Crippen MR) is 53.2 cm³/mol. The Morgan fingerprint density at radius 2 is 2.07 bits per heavy atom. The van der Waals surface area contributed by atoms with Crippen molar-refractivity contribution in [3.05, 3.63) is 24.3 Å². The number of sulfonamides is 1. The van der Waals surface area contributed by atoms with Gasteiger partial charge in [-0.1, -0.05) is 12.1 Å². The highest BCUT2D eigenvalue weighted by atomic mass is 32.2. The molecule has 6 nitrogen and oxygen atoms in total. The Hall–Kier alpha value is -1.60. The van der Waals surface area contributed by atoms with E-state index in [9.17, 15) is 13.6 Å². The van der Waals surface area contributed by atoms with Gasteiger partial charge >= 0.3 is 0 Å². The second-order valence-electron chi connectivity index (χ2n) is 2.92. The van der Waals surface area contributed by atoms with E-state index < -0.39 is 10.0 Å². The van der Waals surface area contributed by atoms with Crippen LogP contribution < -0.4 is 4.72 Å². The predicted octanol–water partition coefficient (Wildman–Crippen LogP) is 0.182. The maximum atomic E-state index is 11.5. The van der Waals surface area contributed by atoms with Crippen LogP contribution in [0.25, 0.3) is 10.9 Å². The fourth-order valence-electron chi connectivity index (χ4n) is 1.32. The van der Waals surface area contributed by atoms with Gasteiger partial charge in [0.1, 0.15) is 5.52 Å². The molecule has 0 bridgehead atoms. The monoisotopic (exact) mass is 227 g/mol. The number of para-hydroxylation sites is 1. The van der Waals surface area contributed by atoms with E-state index in [4.69, 9.17) is 0 Å². The van der Waals surface area contributed by atoms with Gasteiger partial charge in [0.15, 0.2) is 0 Å². The molecule has 2 aromatic rings. The van der Waals surface area contributed by atoms with Crippen LogP contribution in [0.2, 0.25) is 0 Å². The molecule has 1 aromatic heterocycles. The van der Waals surface area contributed by atoms with Gasteiger partial charge in [-0.15, -0.1) is 9.94 Å². The minimum absolute atomic E-state index is 0.178. The Morgan fingerprint density at radius 3 is 2.73 bits per heavy atom. The Bertz CT molecular complexity index is 603. The van der Waals surface area contributed by atoms with Gasteiger partial charge in [-0.3, -0.25) is 0 Å². The molecule has 0 aliphatic heterocycles. The summed E-state index contributed by atoms with van der Waals surface area (Å²) >= 11 is 0. The van der Waals surface area contributed by atoms with E-state index in [1.54, 1.807) is 24.3 Å². The molecule has 15 heavy (non-hydrogen) atoms. The smallest absolute Gasteiger partial charge is 0.260 e. The number of rotatable bonds is 2. The molecular formula is C8H9N3O3S. The normalized spacial score (nSPS) is 12.1. The Morgan fingerprint density at radius 1 is 1.40 bits per heavy atom. The van der Waals surface area contributed by atoms with Crippen molar-refractivity contribution in [1.82, 2.24) is 14.7 Å². The van der Waals surface area contributed by atoms with Gasteiger partial charge < -0.3 is 5.21 Å². The van der Waals surface area contributed by atoms with Crippen LogP contribution in [0.3, 0.4) is 0 Å². The summed E-state index contributed by atoms with van der Waals surface area (Å²) in [6, 6.07) is 6.53. The lowest BCUT2D eigenvalue weighted by Gasteiger charge is -1.96. The number of benzene rings is 1. The van der Waals surface area contributed by atoms with E-state index in [1.165, 1.54) is 7.05 Å². The maximum Gasteiger partial charge on any atom is 0.260 e. The van der Waals surface area contributed by atoms with Gasteiger partial charge in [0.05, 0.1) is 0 Å². The molecule has 0 radical (unpaired) electrons. The van der Waals surface area contributed by atoms with Crippen molar-refractivity contribution in [2.45, 2.75) is 5.03 Å². The molecule has 2 rings (SSSR count). The van der Waals surface area contributed by atoms with Crippen LogP contribution in [0, 0.1) is 0 Å². The minimum atomic E-state index is -3.65. The largest absolute Gasteiger partial charge is 0.411 e. The highest BCUT2D eigenvalue weighted by molar-refractivity contribution is 7.89. The van der Waals surface area contributed by atoms with Crippen molar-refractivity contribution in [2.24, 2.45) is 0 Å². The fraction of sp³-hybridized carbons (Fsp3) is 0.125. The second-order valence-corrected chi connectivity index (χ2v) is 4.72. The van der Waals surface area contributed by atoms with Gasteiger partial charge in [0.25, 0.3) is 10.0 Å². The number of aromatic nitrogens is 2. The second kappa shape index (κ2) is 3.21. The van der Waals surface area contributed by atoms with Crippen LogP contribution >= 0.6 is 0 Å². The summed E-state index contributed by atoms with van der Waals surface area (Å²) in [6.07, 6.45) is 0. The van der Waals surface area contributed by atoms with Gasteiger partial charge in [-0.25, -0.2) is 13.1 Å². The summed E-state index contributed by atoms with van der Waals surface area (Å²) in [7, 11) is -2.35. The first-order chi connectivity index (χ1) is 7.06. The number of hydrogen-bond acceptors (Lipinski definition) is 4. The first-order valence-electron chi connectivity index (χ1n) is 4.17. The molecule has 0 aliphatic carbocycles. The highest BCUT2D eigenvalue weighted by Gasteiger charge is 2.20. The van der Waals surface area contributed by atoms with E-state index in [0.717, 1.165) is 0 Å². The van der Waals surface area contributed by atoms with Crippen molar-refractivity contribution in [2.75, 3.05) is 7.05 Å². The van der Waals surface area contributed by atoms with Crippen molar-refractivity contribution < 1.29 is 13.6 Å². The number of hydrogen-bond donors (Lipinski definition) is 2. The lowest BCUT2D eigenvalue weighted by atomic mass is 10.3. The van der Waals surface area contributed by atoms with Crippen LogP contribution in [0.15, 0.2) is 29.3 Å². The molecule has 7 heteroatoms. The zero-order chi connectivity index (χ0) is 11.1. The highest BCUT2D eigenvalue weighted by Crippen LogP contribution is 2.20. The van der Waals surface area contributed by atoms with Crippen molar-refractivity contribution in [1.29, 1.82) is 0 Å². The zero-order valence-corrected chi connectivity index (χ0v) is 8.69. The average Bonchev–Trinajstić information content (AvgIpc) is 2.58. The minimum Gasteiger partial charge on any atom is -0.411 e. The van der Waals surface area contributed by atoms with Crippen LogP contribution in [0.1, 0.15) is 0 Å². The Kier molecular flexibility index (Phi) is 2.13. The first-order valence-corrected chi connectivity index (χ1v) is 5.65. The molecule has 0 saturated carbocycles. The SMILES string of the molecule is CNS(=O)(=O)c1nn(O)c2ccccc12. The third kappa shape index (κ3) is 1.45. The third-order valence-corrected chi connectivity index (χ3v) is 3.41. The van der Waals surface area contributed by atoms with Gasteiger partial charge in [0.2, 0.25) is 5.03 Å². The summed E-state index contributed by atoms with van der Waals surface area (Å²) in [5.41, 5.74) is 0.353. The molecule has 0 spiro atoms. The standard InChI is InChI=1S/C8H9N3O3S/c1-9-15(13,14)8-6-4-2-3-5-7(6)11(12)10-8/h2-5,9,12H,1H3. The maximum absolute atomic E-state index is 11.5. The molecule has 0 fully saturated rings. The van der Waals surface area contributed by atoms with Crippen molar-refractivity contribution in [3.8, 4) is 0 Å². The van der Waals surface area contributed by atoms with Crippen molar-refractivity contribution >= 4 is 20.9 Å². The molecule has 0 unspecified atom stereocenters. The molecule has 80 valence electrons.